The van der Waals surface area contributed by atoms with Gasteiger partial charge in [0.2, 0.25) is 17.4 Å². The van der Waals surface area contributed by atoms with E-state index >= 15 is 0 Å². The molecule has 2 aliphatic rings. The van der Waals surface area contributed by atoms with Crippen molar-refractivity contribution in [2.75, 3.05) is 18.1 Å². The number of carbonyl (C=O) groups is 3. The molecule has 1 aromatic heterocycles. The van der Waals surface area contributed by atoms with Crippen LogP contribution in [0.15, 0.2) is 22.8 Å². The fourth-order valence-electron chi connectivity index (χ4n) is 2.87. The maximum atomic E-state index is 12.4. The van der Waals surface area contributed by atoms with E-state index in [2.05, 4.69) is 5.32 Å². The number of hydrogen-bond donors (Lipinski definition) is 2. The predicted molar refractivity (Wildman–Crippen MR) is 93.2 cm³/mol. The van der Waals surface area contributed by atoms with E-state index in [9.17, 15) is 27.9 Å². The molecule has 2 fully saturated rings. The van der Waals surface area contributed by atoms with Gasteiger partial charge in [0.05, 0.1) is 25.0 Å². The molecule has 148 valence electrons. The predicted octanol–water partition coefficient (Wildman–Crippen LogP) is -0.588. The van der Waals surface area contributed by atoms with E-state index in [4.69, 9.17) is 8.60 Å². The van der Waals surface area contributed by atoms with Crippen LogP contribution in [-0.2, 0) is 35.1 Å². The number of thioether (sulfide) groups is 1. The van der Waals surface area contributed by atoms with Gasteiger partial charge >= 0.3 is 5.97 Å². The number of aliphatic carboxylic acids is 1. The number of β-lactam (4-membered cyclic amide) rings is 1. The number of hydrogen-bond acceptors (Lipinski definition) is 8. The Bertz CT molecular complexity index is 853. The lowest BCUT2D eigenvalue weighted by atomic mass is 9.99. The van der Waals surface area contributed by atoms with Crippen LogP contribution in [-0.4, -0.2) is 71.3 Å². The third kappa shape index (κ3) is 3.82. The van der Waals surface area contributed by atoms with Crippen LogP contribution < -0.4 is 5.32 Å². The second-order valence-corrected chi connectivity index (χ2v) is 9.16. The first-order valence-corrected chi connectivity index (χ1v) is 10.7. The van der Waals surface area contributed by atoms with Gasteiger partial charge in [-0.3, -0.25) is 9.59 Å². The Morgan fingerprint density at radius 1 is 1.52 bits per heavy atom. The van der Waals surface area contributed by atoms with Crippen molar-refractivity contribution in [2.24, 2.45) is 0 Å². The van der Waals surface area contributed by atoms with E-state index in [1.54, 1.807) is 12.1 Å². The maximum absolute atomic E-state index is 12.4. The molecule has 2 amide bonds. The van der Waals surface area contributed by atoms with Crippen molar-refractivity contribution in [1.82, 2.24) is 10.2 Å². The molecule has 3 rings (SSSR count). The molecule has 0 aromatic carbocycles. The van der Waals surface area contributed by atoms with Gasteiger partial charge in [-0.25, -0.2) is 8.98 Å². The van der Waals surface area contributed by atoms with Crippen molar-refractivity contribution in [3.05, 3.63) is 24.2 Å². The van der Waals surface area contributed by atoms with Gasteiger partial charge in [-0.2, -0.15) is 8.42 Å². The SMILES string of the molecule is CCS(=O)(=O)OC1(C(=O)O)CS[C@@H]2C(NC(=O)Cc3ccco3)C(=O)N2C1. The molecule has 3 heterocycles. The molecular formula is C15H18N2O8S2. The molecule has 3 atom stereocenters. The zero-order valence-corrected chi connectivity index (χ0v) is 15.9. The summed E-state index contributed by atoms with van der Waals surface area (Å²) >= 11 is 1.06. The first-order valence-electron chi connectivity index (χ1n) is 8.08. The molecule has 2 aliphatic heterocycles. The van der Waals surface area contributed by atoms with Crippen molar-refractivity contribution in [3.63, 3.8) is 0 Å². The average molecular weight is 418 g/mol. The van der Waals surface area contributed by atoms with Gasteiger partial charge < -0.3 is 19.7 Å². The molecule has 12 heteroatoms. The third-order valence-corrected chi connectivity index (χ3v) is 7.10. The number of fused-ring (bicyclic) bond motifs is 1. The number of carboxylic acids is 1. The zero-order chi connectivity index (χ0) is 19.8. The topological polar surface area (TPSA) is 143 Å². The van der Waals surface area contributed by atoms with E-state index in [-0.39, 0.29) is 17.9 Å². The molecule has 0 aliphatic carbocycles. The van der Waals surface area contributed by atoms with Crippen LogP contribution >= 0.6 is 11.8 Å². The highest BCUT2D eigenvalue weighted by Gasteiger charge is 2.59. The van der Waals surface area contributed by atoms with Gasteiger partial charge in [-0.05, 0) is 19.1 Å². The minimum absolute atomic E-state index is 0.0227. The van der Waals surface area contributed by atoms with Crippen LogP contribution in [0, 0.1) is 0 Å². The summed E-state index contributed by atoms with van der Waals surface area (Å²) in [6.45, 7) is 0.936. The number of carboxylic acid groups (broad SMARTS) is 1. The van der Waals surface area contributed by atoms with Gasteiger partial charge in [-0.1, -0.05) is 0 Å². The highest BCUT2D eigenvalue weighted by molar-refractivity contribution is 8.00. The molecule has 10 nitrogen and oxygen atoms in total. The smallest absolute Gasteiger partial charge is 0.340 e. The van der Waals surface area contributed by atoms with Crippen LogP contribution in [0.25, 0.3) is 0 Å². The Morgan fingerprint density at radius 3 is 2.85 bits per heavy atom. The van der Waals surface area contributed by atoms with Gasteiger partial charge in [0, 0.05) is 5.75 Å². The minimum atomic E-state index is -4.03. The summed E-state index contributed by atoms with van der Waals surface area (Å²) in [5, 5.41) is 11.6. The second-order valence-electron chi connectivity index (χ2n) is 6.20. The Morgan fingerprint density at radius 2 is 2.26 bits per heavy atom. The summed E-state index contributed by atoms with van der Waals surface area (Å²) in [6.07, 6.45) is 1.41. The van der Waals surface area contributed by atoms with Crippen LogP contribution in [0.3, 0.4) is 0 Å². The maximum Gasteiger partial charge on any atom is 0.340 e. The molecule has 1 aromatic rings. The van der Waals surface area contributed by atoms with Gasteiger partial charge in [0.15, 0.2) is 0 Å². The second kappa shape index (κ2) is 7.17. The highest BCUT2D eigenvalue weighted by atomic mass is 32.2. The number of carbonyl (C=O) groups excluding carboxylic acids is 2. The van der Waals surface area contributed by atoms with Gasteiger partial charge in [0.25, 0.3) is 10.1 Å². The Kier molecular flexibility index (Phi) is 5.23. The summed E-state index contributed by atoms with van der Waals surface area (Å²) < 4.78 is 33.5. The van der Waals surface area contributed by atoms with E-state index in [1.165, 1.54) is 18.1 Å². The lowest BCUT2D eigenvalue weighted by molar-refractivity contribution is -0.164. The molecule has 2 unspecified atom stereocenters. The summed E-state index contributed by atoms with van der Waals surface area (Å²) in [5.41, 5.74) is -2.03. The highest BCUT2D eigenvalue weighted by Crippen LogP contribution is 2.40. The van der Waals surface area contributed by atoms with Crippen LogP contribution in [0.4, 0.5) is 0 Å². The summed E-state index contributed by atoms with van der Waals surface area (Å²) in [7, 11) is -4.03. The number of nitrogens with zero attached hydrogens (tertiary/aromatic N) is 1. The normalized spacial score (nSPS) is 27.6. The number of amides is 2. The van der Waals surface area contributed by atoms with Crippen LogP contribution in [0.5, 0.6) is 0 Å². The molecule has 0 bridgehead atoms. The molecular weight excluding hydrogens is 400 g/mol. The van der Waals surface area contributed by atoms with E-state index in [0.29, 0.717) is 5.76 Å². The summed E-state index contributed by atoms with van der Waals surface area (Å²) in [6, 6.07) is 2.48. The Balaban J connectivity index is 1.66. The van der Waals surface area contributed by atoms with E-state index < -0.39 is 51.5 Å². The van der Waals surface area contributed by atoms with Crippen LogP contribution in [0.2, 0.25) is 0 Å². The van der Waals surface area contributed by atoms with Crippen molar-refractivity contribution < 1.29 is 36.5 Å². The summed E-state index contributed by atoms with van der Waals surface area (Å²) in [5.74, 6) is -2.43. The fourth-order valence-corrected chi connectivity index (χ4v) is 5.18. The molecule has 27 heavy (non-hydrogen) atoms. The van der Waals surface area contributed by atoms with Gasteiger partial charge in [0.1, 0.15) is 17.2 Å². The third-order valence-electron chi connectivity index (χ3n) is 4.32. The van der Waals surface area contributed by atoms with E-state index in [0.717, 1.165) is 11.8 Å². The Hall–Kier alpha value is -2.05. The van der Waals surface area contributed by atoms with E-state index in [1.807, 2.05) is 0 Å². The average Bonchev–Trinajstić information content (AvgIpc) is 3.12. The first kappa shape index (κ1) is 19.7. The van der Waals surface area contributed by atoms with Crippen molar-refractivity contribution in [3.8, 4) is 0 Å². The molecule has 2 saturated heterocycles. The lowest BCUT2D eigenvalue weighted by Gasteiger charge is -2.53. The first-order chi connectivity index (χ1) is 12.7. The fraction of sp³-hybridized carbons (Fsp3) is 0.533. The van der Waals surface area contributed by atoms with Crippen molar-refractivity contribution in [2.45, 2.75) is 30.4 Å². The zero-order valence-electron chi connectivity index (χ0n) is 14.3. The molecule has 2 N–H and O–H groups in total. The molecule has 0 spiro atoms. The summed E-state index contributed by atoms with van der Waals surface area (Å²) in [4.78, 5) is 37.3. The standard InChI is InChI=1S/C15H18N2O8S2/c1-2-27(22,23)25-15(14(20)21)7-17-12(19)11(13(17)26-8-15)16-10(18)6-9-4-3-5-24-9/h3-5,11,13H,2,6-8H2,1H3,(H,16,18)(H,20,21)/t11?,13-,15?/m1/s1. The number of rotatable bonds is 7. The van der Waals surface area contributed by atoms with Gasteiger partial charge in [-0.15, -0.1) is 11.8 Å². The molecule has 0 saturated carbocycles. The monoisotopic (exact) mass is 418 g/mol. The van der Waals surface area contributed by atoms with Crippen molar-refractivity contribution in [1.29, 1.82) is 0 Å². The molecule has 0 radical (unpaired) electrons. The van der Waals surface area contributed by atoms with Crippen molar-refractivity contribution >= 4 is 39.7 Å². The van der Waals surface area contributed by atoms with Crippen LogP contribution in [0.1, 0.15) is 12.7 Å². The number of furan rings is 1. The Labute approximate surface area is 159 Å². The largest absolute Gasteiger partial charge is 0.479 e. The number of nitrogens with one attached hydrogen (secondary N) is 1. The quantitative estimate of drug-likeness (QED) is 0.439. The lowest BCUT2D eigenvalue weighted by Crippen LogP contribution is -2.75. The minimum Gasteiger partial charge on any atom is -0.479 e.